The van der Waals surface area contributed by atoms with Gasteiger partial charge in [0.15, 0.2) is 0 Å². The second-order valence-electron chi connectivity index (χ2n) is 3.73. The maximum atomic E-state index is 11.8. The zero-order chi connectivity index (χ0) is 13.7. The topological polar surface area (TPSA) is 64.1 Å². The van der Waals surface area contributed by atoms with E-state index in [4.69, 9.17) is 4.74 Å². The van der Waals surface area contributed by atoms with Crippen LogP contribution in [0.4, 0.5) is 0 Å². The van der Waals surface area contributed by atoms with Gasteiger partial charge in [-0.3, -0.25) is 9.78 Å². The van der Waals surface area contributed by atoms with Crippen molar-refractivity contribution in [3.63, 3.8) is 0 Å². The van der Waals surface area contributed by atoms with Crippen LogP contribution in [0.2, 0.25) is 0 Å². The summed E-state index contributed by atoms with van der Waals surface area (Å²) in [5, 5.41) is 2.77. The quantitative estimate of drug-likeness (QED) is 0.937. The molecule has 98 valence electrons. The van der Waals surface area contributed by atoms with Crippen LogP contribution in [0.25, 0.3) is 0 Å². The molecule has 0 atom stereocenters. The van der Waals surface area contributed by atoms with Crippen molar-refractivity contribution < 1.29 is 9.53 Å². The maximum absolute atomic E-state index is 11.8. The Kier molecular flexibility index (Phi) is 4.46. The number of carbonyl (C=O) groups is 1. The lowest BCUT2D eigenvalue weighted by atomic mass is 10.2. The molecule has 0 bridgehead atoms. The van der Waals surface area contributed by atoms with E-state index in [1.165, 1.54) is 18.6 Å². The van der Waals surface area contributed by atoms with Gasteiger partial charge in [-0.25, -0.2) is 4.98 Å². The van der Waals surface area contributed by atoms with Crippen LogP contribution >= 0.6 is 15.9 Å². The molecule has 1 aromatic carbocycles. The van der Waals surface area contributed by atoms with Crippen LogP contribution in [-0.2, 0) is 6.54 Å². The number of nitrogens with one attached hydrogen (secondary N) is 1. The number of carbonyl (C=O) groups excluding carboxylic acids is 1. The fourth-order valence-corrected chi connectivity index (χ4v) is 1.98. The average Bonchev–Trinajstić information content (AvgIpc) is 2.46. The van der Waals surface area contributed by atoms with Crippen molar-refractivity contribution in [2.24, 2.45) is 0 Å². The van der Waals surface area contributed by atoms with Crippen molar-refractivity contribution >= 4 is 21.8 Å². The molecule has 5 nitrogen and oxygen atoms in total. The number of ether oxygens (including phenoxy) is 1. The van der Waals surface area contributed by atoms with Crippen molar-refractivity contribution in [3.8, 4) is 5.75 Å². The summed E-state index contributed by atoms with van der Waals surface area (Å²) in [6.07, 6.45) is 4.43. The third kappa shape index (κ3) is 3.51. The molecule has 0 saturated carbocycles. The Morgan fingerprint density at radius 2 is 2.26 bits per heavy atom. The number of methoxy groups -OCH3 is 1. The Bertz CT molecular complexity index is 575. The Hall–Kier alpha value is -1.95. The number of nitrogens with zero attached hydrogens (tertiary/aromatic N) is 2. The summed E-state index contributed by atoms with van der Waals surface area (Å²) in [6.45, 7) is 0.359. The number of benzene rings is 1. The monoisotopic (exact) mass is 321 g/mol. The van der Waals surface area contributed by atoms with Gasteiger partial charge in [0.25, 0.3) is 5.91 Å². The molecule has 2 rings (SSSR count). The molecule has 6 heteroatoms. The van der Waals surface area contributed by atoms with Gasteiger partial charge < -0.3 is 10.1 Å². The maximum Gasteiger partial charge on any atom is 0.271 e. The molecule has 1 aromatic heterocycles. The number of hydrogen-bond acceptors (Lipinski definition) is 4. The van der Waals surface area contributed by atoms with Gasteiger partial charge in [-0.2, -0.15) is 0 Å². The molecule has 0 unspecified atom stereocenters. The average molecular weight is 322 g/mol. The number of hydrogen-bond donors (Lipinski definition) is 1. The molecule has 1 heterocycles. The largest absolute Gasteiger partial charge is 0.496 e. The van der Waals surface area contributed by atoms with E-state index in [2.05, 4.69) is 31.2 Å². The van der Waals surface area contributed by atoms with E-state index in [0.717, 1.165) is 15.8 Å². The summed E-state index contributed by atoms with van der Waals surface area (Å²) < 4.78 is 6.17. The second-order valence-corrected chi connectivity index (χ2v) is 4.65. The summed E-state index contributed by atoms with van der Waals surface area (Å²) in [5.74, 6) is 0.456. The van der Waals surface area contributed by atoms with Gasteiger partial charge in [0, 0.05) is 29.0 Å². The number of rotatable bonds is 4. The Morgan fingerprint density at radius 3 is 2.95 bits per heavy atom. The molecule has 1 amide bonds. The first-order valence-corrected chi connectivity index (χ1v) is 6.36. The van der Waals surface area contributed by atoms with Crippen LogP contribution in [0.5, 0.6) is 5.75 Å². The second kappa shape index (κ2) is 6.29. The van der Waals surface area contributed by atoms with Gasteiger partial charge in [-0.15, -0.1) is 0 Å². The Morgan fingerprint density at radius 1 is 1.42 bits per heavy atom. The Balaban J connectivity index is 2.07. The highest BCUT2D eigenvalue weighted by Crippen LogP contribution is 2.22. The number of aromatic nitrogens is 2. The molecule has 0 radical (unpaired) electrons. The molecule has 0 aliphatic rings. The standard InChI is InChI=1S/C13H12BrN3O2/c1-19-12-3-2-10(14)6-9(12)7-17-13(18)11-8-15-4-5-16-11/h2-6,8H,7H2,1H3,(H,17,18). The summed E-state index contributed by atoms with van der Waals surface area (Å²) in [6, 6.07) is 5.62. The molecule has 0 saturated heterocycles. The minimum absolute atomic E-state index is 0.268. The van der Waals surface area contributed by atoms with E-state index in [1.54, 1.807) is 7.11 Å². The van der Waals surface area contributed by atoms with E-state index in [0.29, 0.717) is 6.54 Å². The van der Waals surface area contributed by atoms with Crippen molar-refractivity contribution in [1.82, 2.24) is 15.3 Å². The SMILES string of the molecule is COc1ccc(Br)cc1CNC(=O)c1cnccn1. The fraction of sp³-hybridized carbons (Fsp3) is 0.154. The predicted octanol–water partition coefficient (Wildman–Crippen LogP) is 2.18. The van der Waals surface area contributed by atoms with Gasteiger partial charge in [0.05, 0.1) is 13.3 Å². The minimum Gasteiger partial charge on any atom is -0.496 e. The third-order valence-electron chi connectivity index (χ3n) is 2.48. The van der Waals surface area contributed by atoms with Gasteiger partial charge in [-0.05, 0) is 18.2 Å². The zero-order valence-electron chi connectivity index (χ0n) is 10.3. The lowest BCUT2D eigenvalue weighted by molar-refractivity contribution is 0.0945. The first kappa shape index (κ1) is 13.5. The highest BCUT2D eigenvalue weighted by atomic mass is 79.9. The molecule has 19 heavy (non-hydrogen) atoms. The molecule has 0 fully saturated rings. The molecule has 0 aliphatic heterocycles. The van der Waals surface area contributed by atoms with E-state index >= 15 is 0 Å². The molecular weight excluding hydrogens is 310 g/mol. The normalized spacial score (nSPS) is 10.0. The fourth-order valence-electron chi connectivity index (χ4n) is 1.57. The molecule has 1 N–H and O–H groups in total. The van der Waals surface area contributed by atoms with E-state index in [1.807, 2.05) is 18.2 Å². The van der Waals surface area contributed by atoms with Crippen LogP contribution in [0.1, 0.15) is 16.1 Å². The van der Waals surface area contributed by atoms with Crippen LogP contribution < -0.4 is 10.1 Å². The zero-order valence-corrected chi connectivity index (χ0v) is 11.8. The van der Waals surface area contributed by atoms with Gasteiger partial charge in [-0.1, -0.05) is 15.9 Å². The Labute approximate surface area is 119 Å². The smallest absolute Gasteiger partial charge is 0.271 e. The third-order valence-corrected chi connectivity index (χ3v) is 2.97. The lowest BCUT2D eigenvalue weighted by Crippen LogP contribution is -2.24. The van der Waals surface area contributed by atoms with Crippen LogP contribution in [0.15, 0.2) is 41.3 Å². The van der Waals surface area contributed by atoms with Gasteiger partial charge in [0.2, 0.25) is 0 Å². The summed E-state index contributed by atoms with van der Waals surface area (Å²) in [5.41, 5.74) is 1.17. The van der Waals surface area contributed by atoms with Gasteiger partial charge in [0.1, 0.15) is 11.4 Å². The van der Waals surface area contributed by atoms with Crippen LogP contribution in [-0.4, -0.2) is 23.0 Å². The predicted molar refractivity (Wildman–Crippen MR) is 73.9 cm³/mol. The number of amides is 1. The van der Waals surface area contributed by atoms with E-state index in [9.17, 15) is 4.79 Å². The molecule has 0 spiro atoms. The van der Waals surface area contributed by atoms with E-state index in [-0.39, 0.29) is 11.6 Å². The van der Waals surface area contributed by atoms with E-state index < -0.39 is 0 Å². The van der Waals surface area contributed by atoms with Crippen LogP contribution in [0.3, 0.4) is 0 Å². The van der Waals surface area contributed by atoms with Crippen molar-refractivity contribution in [2.45, 2.75) is 6.54 Å². The van der Waals surface area contributed by atoms with Crippen molar-refractivity contribution in [3.05, 3.63) is 52.5 Å². The summed E-state index contributed by atoms with van der Waals surface area (Å²) >= 11 is 3.39. The van der Waals surface area contributed by atoms with Gasteiger partial charge >= 0.3 is 0 Å². The van der Waals surface area contributed by atoms with Crippen LogP contribution in [0, 0.1) is 0 Å². The van der Waals surface area contributed by atoms with Crippen molar-refractivity contribution in [2.75, 3.05) is 7.11 Å². The molecule has 2 aromatic rings. The first-order valence-electron chi connectivity index (χ1n) is 5.57. The van der Waals surface area contributed by atoms with Crippen molar-refractivity contribution in [1.29, 1.82) is 0 Å². The lowest BCUT2D eigenvalue weighted by Gasteiger charge is -2.10. The molecular formula is C13H12BrN3O2. The molecule has 0 aliphatic carbocycles. The summed E-state index contributed by atoms with van der Waals surface area (Å²) in [4.78, 5) is 19.6. The summed E-state index contributed by atoms with van der Waals surface area (Å²) in [7, 11) is 1.59. The first-order chi connectivity index (χ1) is 9.20. The minimum atomic E-state index is -0.268. The number of halogens is 1. The highest BCUT2D eigenvalue weighted by Gasteiger charge is 2.09. The highest BCUT2D eigenvalue weighted by molar-refractivity contribution is 9.10.